The number of amides is 1. The lowest BCUT2D eigenvalue weighted by Gasteiger charge is -2.34. The number of hydrogen-bond acceptors (Lipinski definition) is 4. The van der Waals surface area contributed by atoms with Crippen molar-refractivity contribution in [3.8, 4) is 0 Å². The van der Waals surface area contributed by atoms with E-state index in [-0.39, 0.29) is 17.9 Å². The van der Waals surface area contributed by atoms with Crippen molar-refractivity contribution < 1.29 is 13.2 Å². The number of carbonyl (C=O) groups excluding carboxylic acids is 1. The molecule has 2 aliphatic heterocycles. The first-order valence-electron chi connectivity index (χ1n) is 9.88. The van der Waals surface area contributed by atoms with E-state index in [1.165, 1.54) is 4.31 Å². The number of likely N-dealkylation sites (N-methyl/N-ethyl adjacent to an activating group) is 1. The summed E-state index contributed by atoms with van der Waals surface area (Å²) in [6.45, 7) is 6.78. The van der Waals surface area contributed by atoms with Gasteiger partial charge in [0.1, 0.15) is 0 Å². The molecule has 1 atom stereocenters. The maximum atomic E-state index is 12.9. The number of nitrogens with one attached hydrogen (secondary N) is 1. The molecule has 2 heterocycles. The van der Waals surface area contributed by atoms with Gasteiger partial charge in [0.05, 0.1) is 4.90 Å². The van der Waals surface area contributed by atoms with E-state index in [1.807, 2.05) is 24.1 Å². The molecule has 2 aliphatic rings. The Morgan fingerprint density at radius 3 is 2.30 bits per heavy atom. The third-order valence-electron chi connectivity index (χ3n) is 5.92. The van der Waals surface area contributed by atoms with Crippen molar-refractivity contribution in [3.63, 3.8) is 0 Å². The number of nitrogens with zero attached hydrogens (tertiary/aromatic N) is 2. The first kappa shape index (κ1) is 20.3. The summed E-state index contributed by atoms with van der Waals surface area (Å²) in [5, 5.41) is 3.29. The summed E-state index contributed by atoms with van der Waals surface area (Å²) in [6.07, 6.45) is 2.17. The number of rotatable bonds is 5. The molecule has 0 spiro atoms. The Morgan fingerprint density at radius 1 is 1.15 bits per heavy atom. The van der Waals surface area contributed by atoms with Crippen molar-refractivity contribution in [2.45, 2.75) is 50.0 Å². The summed E-state index contributed by atoms with van der Waals surface area (Å²) in [7, 11) is -1.62. The van der Waals surface area contributed by atoms with Gasteiger partial charge >= 0.3 is 0 Å². The average molecular weight is 394 g/mol. The van der Waals surface area contributed by atoms with Crippen LogP contribution in [0, 0.1) is 5.92 Å². The molecule has 2 saturated heterocycles. The van der Waals surface area contributed by atoms with E-state index in [4.69, 9.17) is 0 Å². The van der Waals surface area contributed by atoms with Crippen LogP contribution in [-0.2, 0) is 14.8 Å². The van der Waals surface area contributed by atoms with E-state index >= 15 is 0 Å². The second-order valence-corrected chi connectivity index (χ2v) is 9.94. The minimum Gasteiger partial charge on any atom is -0.341 e. The molecule has 0 aliphatic carbocycles. The van der Waals surface area contributed by atoms with Crippen molar-refractivity contribution in [1.82, 2.24) is 14.5 Å². The van der Waals surface area contributed by atoms with Gasteiger partial charge in [-0.25, -0.2) is 8.42 Å². The van der Waals surface area contributed by atoms with Gasteiger partial charge < -0.3 is 10.2 Å². The van der Waals surface area contributed by atoms with Crippen molar-refractivity contribution in [2.75, 3.05) is 33.2 Å². The quantitative estimate of drug-likeness (QED) is 0.831. The summed E-state index contributed by atoms with van der Waals surface area (Å²) in [5.74, 6) is 0.447. The minimum absolute atomic E-state index is 0.0784. The first-order valence-corrected chi connectivity index (χ1v) is 11.3. The Kier molecular flexibility index (Phi) is 6.23. The van der Waals surface area contributed by atoms with E-state index < -0.39 is 10.0 Å². The first-order chi connectivity index (χ1) is 12.8. The van der Waals surface area contributed by atoms with Crippen molar-refractivity contribution in [2.24, 2.45) is 5.92 Å². The normalized spacial score (nSPS) is 22.3. The van der Waals surface area contributed by atoms with Crippen LogP contribution in [0.5, 0.6) is 0 Å². The van der Waals surface area contributed by atoms with Crippen molar-refractivity contribution in [1.29, 1.82) is 0 Å². The predicted molar refractivity (Wildman–Crippen MR) is 106 cm³/mol. The highest BCUT2D eigenvalue weighted by atomic mass is 32.2. The van der Waals surface area contributed by atoms with Crippen LogP contribution in [-0.4, -0.2) is 62.8 Å². The van der Waals surface area contributed by atoms with Crippen molar-refractivity contribution in [3.05, 3.63) is 29.8 Å². The molecule has 0 radical (unpaired) electrons. The molecule has 1 amide bonds. The lowest BCUT2D eigenvalue weighted by Crippen LogP contribution is -2.46. The summed E-state index contributed by atoms with van der Waals surface area (Å²) >= 11 is 0. The van der Waals surface area contributed by atoms with Crippen LogP contribution < -0.4 is 5.32 Å². The van der Waals surface area contributed by atoms with Crippen LogP contribution in [0.4, 0.5) is 0 Å². The second kappa shape index (κ2) is 8.29. The van der Waals surface area contributed by atoms with Gasteiger partial charge in [-0.2, -0.15) is 4.31 Å². The van der Waals surface area contributed by atoms with E-state index in [0.717, 1.165) is 25.1 Å². The molecule has 2 fully saturated rings. The lowest BCUT2D eigenvalue weighted by atomic mass is 9.96. The Hall–Kier alpha value is -1.44. The van der Waals surface area contributed by atoms with E-state index in [1.54, 1.807) is 12.1 Å². The Balaban J connectivity index is 1.61. The number of sulfonamides is 1. The zero-order chi connectivity index (χ0) is 19.6. The number of piperidine rings is 1. The minimum atomic E-state index is -3.49. The highest BCUT2D eigenvalue weighted by molar-refractivity contribution is 7.89. The number of benzene rings is 1. The fourth-order valence-electron chi connectivity index (χ4n) is 3.95. The molecule has 7 heteroatoms. The lowest BCUT2D eigenvalue weighted by molar-refractivity contribution is -0.137. The molecule has 27 heavy (non-hydrogen) atoms. The average Bonchev–Trinajstić information content (AvgIpc) is 3.21. The van der Waals surface area contributed by atoms with Gasteiger partial charge in [0.15, 0.2) is 0 Å². The van der Waals surface area contributed by atoms with Gasteiger partial charge in [0.25, 0.3) is 0 Å². The smallest absolute Gasteiger partial charge is 0.243 e. The van der Waals surface area contributed by atoms with Gasteiger partial charge in [-0.3, -0.25) is 4.79 Å². The van der Waals surface area contributed by atoms with Crippen LogP contribution in [0.1, 0.15) is 44.6 Å². The molecule has 1 N–H and O–H groups in total. The fraction of sp³-hybridized carbons (Fsp3) is 0.650. The highest BCUT2D eigenvalue weighted by Crippen LogP contribution is 2.26. The number of hydrogen-bond donors (Lipinski definition) is 1. The predicted octanol–water partition coefficient (Wildman–Crippen LogP) is 2.03. The monoisotopic (exact) mass is 393 g/mol. The molecule has 0 bridgehead atoms. The van der Waals surface area contributed by atoms with Crippen LogP contribution >= 0.6 is 0 Å². The molecule has 150 valence electrons. The summed E-state index contributed by atoms with van der Waals surface area (Å²) in [5.41, 5.74) is 1.13. The zero-order valence-corrected chi connectivity index (χ0v) is 17.3. The van der Waals surface area contributed by atoms with Crippen LogP contribution in [0.15, 0.2) is 29.2 Å². The van der Waals surface area contributed by atoms with Gasteiger partial charge in [-0.05, 0) is 49.4 Å². The molecule has 1 aromatic rings. The molecular weight excluding hydrogens is 362 g/mol. The van der Waals surface area contributed by atoms with Gasteiger partial charge in [0, 0.05) is 38.6 Å². The van der Waals surface area contributed by atoms with Gasteiger partial charge in [0.2, 0.25) is 15.9 Å². The molecule has 3 rings (SSSR count). The van der Waals surface area contributed by atoms with Crippen molar-refractivity contribution >= 4 is 15.9 Å². The number of carbonyl (C=O) groups is 1. The summed E-state index contributed by atoms with van der Waals surface area (Å²) in [6, 6.07) is 7.43. The third-order valence-corrected chi connectivity index (χ3v) is 7.83. The molecule has 1 unspecified atom stereocenters. The standard InChI is InChI=1S/C20H31N3O3S/c1-15(2)16-4-6-19(7-5-16)27(25,26)23-12-9-17(10-13-23)20(24)22(3)18-8-11-21-14-18/h4-7,15,17-18,21H,8-14H2,1-3H3. The van der Waals surface area contributed by atoms with Crippen LogP contribution in [0.3, 0.4) is 0 Å². The van der Waals surface area contributed by atoms with Crippen LogP contribution in [0.2, 0.25) is 0 Å². The zero-order valence-electron chi connectivity index (χ0n) is 16.5. The van der Waals surface area contributed by atoms with Crippen LogP contribution in [0.25, 0.3) is 0 Å². The molecule has 6 nitrogen and oxygen atoms in total. The van der Waals surface area contributed by atoms with E-state index in [0.29, 0.717) is 36.7 Å². The van der Waals surface area contributed by atoms with E-state index in [2.05, 4.69) is 19.2 Å². The second-order valence-electron chi connectivity index (χ2n) is 8.00. The molecule has 0 aromatic heterocycles. The maximum Gasteiger partial charge on any atom is 0.243 e. The topological polar surface area (TPSA) is 69.7 Å². The Bertz CT molecular complexity index is 747. The Labute approximate surface area is 163 Å². The summed E-state index contributed by atoms with van der Waals surface area (Å²) < 4.78 is 27.3. The fourth-order valence-corrected chi connectivity index (χ4v) is 5.42. The largest absolute Gasteiger partial charge is 0.341 e. The third kappa shape index (κ3) is 4.36. The van der Waals surface area contributed by atoms with E-state index in [9.17, 15) is 13.2 Å². The summed E-state index contributed by atoms with van der Waals surface area (Å²) in [4.78, 5) is 14.9. The van der Waals surface area contributed by atoms with Gasteiger partial charge in [-0.15, -0.1) is 0 Å². The SMILES string of the molecule is CC(C)c1ccc(S(=O)(=O)N2CCC(C(=O)N(C)C3CCNC3)CC2)cc1. The maximum absolute atomic E-state index is 12.9. The molecular formula is C20H31N3O3S. The van der Waals surface area contributed by atoms with Gasteiger partial charge in [-0.1, -0.05) is 26.0 Å². The molecule has 0 saturated carbocycles. The highest BCUT2D eigenvalue weighted by Gasteiger charge is 2.35. The molecule has 1 aromatic carbocycles. The Morgan fingerprint density at radius 2 is 1.78 bits per heavy atom.